The van der Waals surface area contributed by atoms with E-state index in [1.807, 2.05) is 13.8 Å². The van der Waals surface area contributed by atoms with Gasteiger partial charge in [0.05, 0.1) is 11.9 Å². The maximum absolute atomic E-state index is 11.7. The van der Waals surface area contributed by atoms with Crippen molar-refractivity contribution >= 4 is 10.0 Å². The van der Waals surface area contributed by atoms with Crippen LogP contribution in [0.4, 0.5) is 0 Å². The van der Waals surface area contributed by atoms with Crippen LogP contribution in [0, 0.1) is 5.41 Å². The third-order valence-corrected chi connectivity index (χ3v) is 4.15. The fourth-order valence-electron chi connectivity index (χ4n) is 1.46. The molecule has 0 radical (unpaired) electrons. The molecule has 3 N–H and O–H groups in total. The number of sulfonamides is 1. The van der Waals surface area contributed by atoms with Crippen molar-refractivity contribution in [1.29, 1.82) is 0 Å². The van der Waals surface area contributed by atoms with Gasteiger partial charge in [0.15, 0.2) is 0 Å². The molecule has 0 aromatic heterocycles. The van der Waals surface area contributed by atoms with E-state index in [-0.39, 0.29) is 17.3 Å². The number of hydrogen-bond acceptors (Lipinski definition) is 4. The van der Waals surface area contributed by atoms with Crippen LogP contribution in [0.5, 0.6) is 0 Å². The molecular weight excluding hydrogens is 228 g/mol. The van der Waals surface area contributed by atoms with Gasteiger partial charge >= 0.3 is 0 Å². The molecule has 1 saturated heterocycles. The van der Waals surface area contributed by atoms with Crippen LogP contribution < -0.4 is 10.5 Å². The third kappa shape index (κ3) is 4.78. The molecule has 1 unspecified atom stereocenters. The van der Waals surface area contributed by atoms with Crippen LogP contribution in [-0.2, 0) is 14.8 Å². The lowest BCUT2D eigenvalue weighted by Crippen LogP contribution is -2.40. The van der Waals surface area contributed by atoms with Crippen molar-refractivity contribution in [3.8, 4) is 0 Å². The Hall–Kier alpha value is -0.170. The molecule has 0 bridgehead atoms. The van der Waals surface area contributed by atoms with Crippen LogP contribution >= 0.6 is 0 Å². The van der Waals surface area contributed by atoms with Crippen LogP contribution in [0.3, 0.4) is 0 Å². The number of hydrogen-bond donors (Lipinski definition) is 2. The quantitative estimate of drug-likeness (QED) is 0.699. The van der Waals surface area contributed by atoms with Crippen molar-refractivity contribution in [3.63, 3.8) is 0 Å². The number of ether oxygens (including phenoxy) is 1. The van der Waals surface area contributed by atoms with Crippen LogP contribution in [0.1, 0.15) is 26.7 Å². The first-order valence-electron chi connectivity index (χ1n) is 5.64. The van der Waals surface area contributed by atoms with Gasteiger partial charge in [0.2, 0.25) is 10.0 Å². The minimum atomic E-state index is -3.24. The first kappa shape index (κ1) is 13.9. The van der Waals surface area contributed by atoms with Gasteiger partial charge in [-0.15, -0.1) is 0 Å². The first-order valence-corrected chi connectivity index (χ1v) is 7.29. The summed E-state index contributed by atoms with van der Waals surface area (Å²) < 4.78 is 31.3. The summed E-state index contributed by atoms with van der Waals surface area (Å²) in [6, 6.07) is 0. The second-order valence-electron chi connectivity index (χ2n) is 5.11. The summed E-state index contributed by atoms with van der Waals surface area (Å²) in [6.07, 6.45) is 1.65. The molecule has 1 heterocycles. The topological polar surface area (TPSA) is 81.4 Å². The number of nitrogens with one attached hydrogen (secondary N) is 1. The molecule has 5 nitrogen and oxygen atoms in total. The van der Waals surface area contributed by atoms with Gasteiger partial charge in [-0.25, -0.2) is 13.1 Å². The highest BCUT2D eigenvalue weighted by atomic mass is 32.2. The third-order valence-electron chi connectivity index (χ3n) is 2.75. The average molecular weight is 250 g/mol. The van der Waals surface area contributed by atoms with Gasteiger partial charge in [-0.05, 0) is 24.8 Å². The summed E-state index contributed by atoms with van der Waals surface area (Å²) in [6.45, 7) is 5.37. The Morgan fingerprint density at radius 1 is 1.50 bits per heavy atom. The lowest BCUT2D eigenvalue weighted by molar-refractivity contribution is 0.127. The largest absolute Gasteiger partial charge is 0.377 e. The molecule has 96 valence electrons. The molecule has 1 aliphatic heterocycles. The summed E-state index contributed by atoms with van der Waals surface area (Å²) >= 11 is 0. The van der Waals surface area contributed by atoms with E-state index in [0.717, 1.165) is 12.8 Å². The van der Waals surface area contributed by atoms with Crippen molar-refractivity contribution in [3.05, 3.63) is 0 Å². The number of rotatable bonds is 6. The maximum Gasteiger partial charge on any atom is 0.214 e. The monoisotopic (exact) mass is 250 g/mol. The van der Waals surface area contributed by atoms with Gasteiger partial charge < -0.3 is 10.5 Å². The SMILES string of the molecule is CC(C)(CN)CNS(=O)(=O)CC1CCCO1. The van der Waals surface area contributed by atoms with E-state index < -0.39 is 10.0 Å². The highest BCUT2D eigenvalue weighted by Gasteiger charge is 2.25. The second kappa shape index (κ2) is 5.44. The zero-order valence-electron chi connectivity index (χ0n) is 10.0. The predicted octanol–water partition coefficient (Wildman–Crippen LogP) is 0.0697. The Balaban J connectivity index is 2.39. The average Bonchev–Trinajstić information content (AvgIpc) is 2.67. The standard InChI is InChI=1S/C10H22N2O3S/c1-10(2,7-11)8-12-16(13,14)6-9-4-3-5-15-9/h9,12H,3-8,11H2,1-2H3. The van der Waals surface area contributed by atoms with Crippen LogP contribution in [0.2, 0.25) is 0 Å². The van der Waals surface area contributed by atoms with Gasteiger partial charge in [0, 0.05) is 13.2 Å². The molecule has 1 aliphatic rings. The molecule has 0 spiro atoms. The van der Waals surface area contributed by atoms with Gasteiger partial charge in [-0.2, -0.15) is 0 Å². The molecule has 1 fully saturated rings. The normalized spacial score (nSPS) is 22.6. The summed E-state index contributed by atoms with van der Waals surface area (Å²) in [7, 11) is -3.24. The van der Waals surface area contributed by atoms with Crippen LogP contribution in [-0.4, -0.2) is 40.0 Å². The van der Waals surface area contributed by atoms with E-state index in [1.165, 1.54) is 0 Å². The van der Waals surface area contributed by atoms with Gasteiger partial charge in [-0.3, -0.25) is 0 Å². The lowest BCUT2D eigenvalue weighted by atomic mass is 9.95. The van der Waals surface area contributed by atoms with Crippen molar-refractivity contribution in [1.82, 2.24) is 4.72 Å². The Labute approximate surface area is 97.8 Å². The van der Waals surface area contributed by atoms with Gasteiger partial charge in [-0.1, -0.05) is 13.8 Å². The molecule has 0 saturated carbocycles. The molecule has 1 rings (SSSR count). The molecular formula is C10H22N2O3S. The Kier molecular flexibility index (Phi) is 4.73. The second-order valence-corrected chi connectivity index (χ2v) is 6.96. The Morgan fingerprint density at radius 2 is 2.19 bits per heavy atom. The predicted molar refractivity (Wildman–Crippen MR) is 63.6 cm³/mol. The van der Waals surface area contributed by atoms with Crippen molar-refractivity contribution in [2.75, 3.05) is 25.4 Å². The van der Waals surface area contributed by atoms with E-state index >= 15 is 0 Å². The van der Waals surface area contributed by atoms with E-state index in [0.29, 0.717) is 19.7 Å². The fourth-order valence-corrected chi connectivity index (χ4v) is 2.94. The van der Waals surface area contributed by atoms with Crippen molar-refractivity contribution in [2.24, 2.45) is 11.1 Å². The molecule has 1 atom stereocenters. The van der Waals surface area contributed by atoms with Crippen molar-refractivity contribution < 1.29 is 13.2 Å². The zero-order chi connectivity index (χ0) is 12.2. The highest BCUT2D eigenvalue weighted by molar-refractivity contribution is 7.89. The minimum absolute atomic E-state index is 0.0631. The summed E-state index contributed by atoms with van der Waals surface area (Å²) in [5.74, 6) is 0.0631. The molecule has 0 amide bonds. The fraction of sp³-hybridized carbons (Fsp3) is 1.00. The summed E-state index contributed by atoms with van der Waals surface area (Å²) in [4.78, 5) is 0. The van der Waals surface area contributed by atoms with Gasteiger partial charge in [0.1, 0.15) is 0 Å². The van der Waals surface area contributed by atoms with E-state index in [9.17, 15) is 8.42 Å². The molecule has 0 aromatic carbocycles. The molecule has 6 heteroatoms. The van der Waals surface area contributed by atoms with E-state index in [2.05, 4.69) is 4.72 Å². The molecule has 0 aromatic rings. The van der Waals surface area contributed by atoms with Crippen molar-refractivity contribution in [2.45, 2.75) is 32.8 Å². The lowest BCUT2D eigenvalue weighted by Gasteiger charge is -2.23. The summed E-state index contributed by atoms with van der Waals surface area (Å²) in [5, 5.41) is 0. The summed E-state index contributed by atoms with van der Waals surface area (Å²) in [5.41, 5.74) is 5.33. The van der Waals surface area contributed by atoms with Gasteiger partial charge in [0.25, 0.3) is 0 Å². The molecule has 16 heavy (non-hydrogen) atoms. The Morgan fingerprint density at radius 3 is 2.69 bits per heavy atom. The zero-order valence-corrected chi connectivity index (χ0v) is 10.8. The first-order chi connectivity index (χ1) is 7.35. The molecule has 0 aliphatic carbocycles. The maximum atomic E-state index is 11.7. The van der Waals surface area contributed by atoms with E-state index in [1.54, 1.807) is 0 Å². The highest BCUT2D eigenvalue weighted by Crippen LogP contribution is 2.15. The minimum Gasteiger partial charge on any atom is -0.377 e. The van der Waals surface area contributed by atoms with E-state index in [4.69, 9.17) is 10.5 Å². The van der Waals surface area contributed by atoms with Crippen LogP contribution in [0.25, 0.3) is 0 Å². The smallest absolute Gasteiger partial charge is 0.214 e. The Bertz CT molecular complexity index is 308. The number of nitrogens with two attached hydrogens (primary N) is 1. The van der Waals surface area contributed by atoms with Crippen LogP contribution in [0.15, 0.2) is 0 Å².